The monoisotopic (exact) mass is 318 g/mol. The molecule has 0 fully saturated rings. The number of methoxy groups -OCH3 is 1. The van der Waals surface area contributed by atoms with Crippen LogP contribution in [0.1, 0.15) is 15.9 Å². The molecule has 0 aliphatic carbocycles. The van der Waals surface area contributed by atoms with Crippen molar-refractivity contribution in [2.75, 3.05) is 19.0 Å². The summed E-state index contributed by atoms with van der Waals surface area (Å²) in [7, 11) is 1.34. The third-order valence-electron chi connectivity index (χ3n) is 3.35. The number of ketones is 1. The van der Waals surface area contributed by atoms with Crippen molar-refractivity contribution in [2.24, 2.45) is 0 Å². The number of carbonyl (C=O) groups is 1. The van der Waals surface area contributed by atoms with Gasteiger partial charge in [-0.2, -0.15) is 0 Å². The Hall–Kier alpha value is -2.96. The second kappa shape index (κ2) is 6.87. The first-order chi connectivity index (χ1) is 10.9. The molecule has 0 aromatic heterocycles. The fourth-order valence-electron chi connectivity index (χ4n) is 2.03. The van der Waals surface area contributed by atoms with Crippen molar-refractivity contribution >= 4 is 17.2 Å². The number of rotatable bonds is 6. The number of ether oxygens (including phenoxy) is 1. The molecule has 2 aromatic carbocycles. The van der Waals surface area contributed by atoms with Crippen molar-refractivity contribution in [3.05, 3.63) is 63.5 Å². The number of halogens is 1. The molecule has 0 saturated carbocycles. The molecule has 6 nitrogen and oxygen atoms in total. The first-order valence-corrected chi connectivity index (χ1v) is 6.78. The summed E-state index contributed by atoms with van der Waals surface area (Å²) in [6.45, 7) is 1.66. The average Bonchev–Trinajstić information content (AvgIpc) is 2.53. The second-order valence-electron chi connectivity index (χ2n) is 4.88. The van der Waals surface area contributed by atoms with Gasteiger partial charge >= 0.3 is 0 Å². The zero-order valence-electron chi connectivity index (χ0n) is 12.6. The Morgan fingerprint density at radius 2 is 2.04 bits per heavy atom. The smallest absolute Gasteiger partial charge is 0.271 e. The van der Waals surface area contributed by atoms with Gasteiger partial charge < -0.3 is 10.1 Å². The van der Waals surface area contributed by atoms with Crippen molar-refractivity contribution in [1.29, 1.82) is 0 Å². The number of anilines is 1. The predicted molar refractivity (Wildman–Crippen MR) is 83.6 cm³/mol. The van der Waals surface area contributed by atoms with Gasteiger partial charge in [0.05, 0.1) is 18.6 Å². The van der Waals surface area contributed by atoms with E-state index >= 15 is 0 Å². The van der Waals surface area contributed by atoms with Crippen LogP contribution >= 0.6 is 0 Å². The summed E-state index contributed by atoms with van der Waals surface area (Å²) in [4.78, 5) is 22.4. The summed E-state index contributed by atoms with van der Waals surface area (Å²) < 4.78 is 18.4. The van der Waals surface area contributed by atoms with Crippen LogP contribution in [0.25, 0.3) is 0 Å². The fraction of sp³-hybridized carbons (Fsp3) is 0.188. The van der Waals surface area contributed by atoms with E-state index in [0.29, 0.717) is 5.69 Å². The maximum Gasteiger partial charge on any atom is 0.271 e. The largest absolute Gasteiger partial charge is 0.494 e. The summed E-state index contributed by atoms with van der Waals surface area (Å²) in [6.07, 6.45) is 0. The Labute approximate surface area is 132 Å². The molecule has 0 amide bonds. The predicted octanol–water partition coefficient (Wildman–Crippen LogP) is 3.35. The lowest BCUT2D eigenvalue weighted by molar-refractivity contribution is -0.384. The number of nitro benzene ring substituents is 1. The third kappa shape index (κ3) is 3.82. The number of carbonyl (C=O) groups excluding carboxylic acids is 1. The number of non-ortho nitro benzene ring substituents is 1. The minimum atomic E-state index is -0.620. The molecule has 23 heavy (non-hydrogen) atoms. The Bertz CT molecular complexity index is 762. The van der Waals surface area contributed by atoms with E-state index in [0.717, 1.165) is 11.6 Å². The zero-order chi connectivity index (χ0) is 17.0. The van der Waals surface area contributed by atoms with E-state index < -0.39 is 10.7 Å². The van der Waals surface area contributed by atoms with Gasteiger partial charge in [0.25, 0.3) is 5.69 Å². The molecule has 2 aromatic rings. The quantitative estimate of drug-likeness (QED) is 0.502. The van der Waals surface area contributed by atoms with E-state index in [-0.39, 0.29) is 29.3 Å². The highest BCUT2D eigenvalue weighted by atomic mass is 19.1. The van der Waals surface area contributed by atoms with Gasteiger partial charge in [-0.1, -0.05) is 6.07 Å². The molecular weight excluding hydrogens is 303 g/mol. The number of Topliss-reactive ketones (excluding diaryl/α,β-unsaturated/α-hetero) is 1. The number of hydrogen-bond acceptors (Lipinski definition) is 5. The zero-order valence-corrected chi connectivity index (χ0v) is 12.6. The summed E-state index contributed by atoms with van der Waals surface area (Å²) in [5.74, 6) is -0.897. The van der Waals surface area contributed by atoms with Gasteiger partial charge in [0, 0.05) is 23.4 Å². The summed E-state index contributed by atoms with van der Waals surface area (Å²) in [5.41, 5.74) is 1.38. The summed E-state index contributed by atoms with van der Waals surface area (Å²) in [5, 5.41) is 13.6. The van der Waals surface area contributed by atoms with Gasteiger partial charge in [-0.05, 0) is 30.7 Å². The maximum absolute atomic E-state index is 13.6. The first kappa shape index (κ1) is 16.4. The maximum atomic E-state index is 13.6. The first-order valence-electron chi connectivity index (χ1n) is 6.78. The highest BCUT2D eigenvalue weighted by molar-refractivity contribution is 5.99. The molecule has 0 saturated heterocycles. The van der Waals surface area contributed by atoms with E-state index in [9.17, 15) is 19.3 Å². The Balaban J connectivity index is 2.11. The third-order valence-corrected chi connectivity index (χ3v) is 3.35. The van der Waals surface area contributed by atoms with Crippen LogP contribution in [0.4, 0.5) is 15.8 Å². The van der Waals surface area contributed by atoms with Gasteiger partial charge in [0.2, 0.25) is 0 Å². The van der Waals surface area contributed by atoms with Crippen molar-refractivity contribution in [3.8, 4) is 5.75 Å². The van der Waals surface area contributed by atoms with Crippen molar-refractivity contribution in [1.82, 2.24) is 0 Å². The van der Waals surface area contributed by atoms with E-state index in [1.807, 2.05) is 0 Å². The molecule has 0 atom stereocenters. The van der Waals surface area contributed by atoms with Crippen LogP contribution in [0.3, 0.4) is 0 Å². The molecule has 0 spiro atoms. The number of nitro groups is 1. The lowest BCUT2D eigenvalue weighted by Crippen LogP contribution is -2.15. The highest BCUT2D eigenvalue weighted by Crippen LogP contribution is 2.22. The molecule has 2 rings (SSSR count). The van der Waals surface area contributed by atoms with E-state index in [1.54, 1.807) is 13.0 Å². The molecule has 0 radical (unpaired) electrons. The second-order valence-corrected chi connectivity index (χ2v) is 4.88. The topological polar surface area (TPSA) is 81.5 Å². The number of nitrogens with one attached hydrogen (secondary N) is 1. The molecular formula is C16H15FN2O4. The van der Waals surface area contributed by atoms with Crippen LogP contribution in [-0.4, -0.2) is 24.4 Å². The van der Waals surface area contributed by atoms with Gasteiger partial charge in [-0.3, -0.25) is 14.9 Å². The van der Waals surface area contributed by atoms with Crippen LogP contribution < -0.4 is 10.1 Å². The Kier molecular flexibility index (Phi) is 4.90. The normalized spacial score (nSPS) is 10.2. The minimum Gasteiger partial charge on any atom is -0.494 e. The lowest BCUT2D eigenvalue weighted by Gasteiger charge is -2.09. The summed E-state index contributed by atoms with van der Waals surface area (Å²) >= 11 is 0. The van der Waals surface area contributed by atoms with E-state index in [4.69, 9.17) is 4.74 Å². The van der Waals surface area contributed by atoms with Crippen molar-refractivity contribution in [3.63, 3.8) is 0 Å². The van der Waals surface area contributed by atoms with Crippen molar-refractivity contribution < 1.29 is 18.8 Å². The molecule has 120 valence electrons. The molecule has 0 aliphatic rings. The van der Waals surface area contributed by atoms with Crippen LogP contribution in [0.15, 0.2) is 36.4 Å². The SMILES string of the molecule is COc1ccc(C(=O)CNc2cc([N+](=O)[O-])ccc2C)cc1F. The van der Waals surface area contributed by atoms with Gasteiger partial charge in [-0.25, -0.2) is 4.39 Å². The van der Waals surface area contributed by atoms with Crippen LogP contribution in [0.2, 0.25) is 0 Å². The average molecular weight is 318 g/mol. The summed E-state index contributed by atoms with van der Waals surface area (Å²) in [6, 6.07) is 8.28. The fourth-order valence-corrected chi connectivity index (χ4v) is 2.03. The number of nitrogens with zero attached hydrogens (tertiary/aromatic N) is 1. The van der Waals surface area contributed by atoms with Crippen LogP contribution in [-0.2, 0) is 0 Å². The molecule has 7 heteroatoms. The molecule has 0 aliphatic heterocycles. The van der Waals surface area contributed by atoms with Gasteiger partial charge in [-0.15, -0.1) is 0 Å². The Morgan fingerprint density at radius 3 is 2.65 bits per heavy atom. The molecule has 0 heterocycles. The van der Waals surface area contributed by atoms with Crippen LogP contribution in [0.5, 0.6) is 5.75 Å². The number of aryl methyl sites for hydroxylation is 1. The number of benzene rings is 2. The highest BCUT2D eigenvalue weighted by Gasteiger charge is 2.12. The Morgan fingerprint density at radius 1 is 1.30 bits per heavy atom. The minimum absolute atomic E-state index is 0.0593. The molecule has 0 unspecified atom stereocenters. The molecule has 0 bridgehead atoms. The van der Waals surface area contributed by atoms with Gasteiger partial charge in [0.1, 0.15) is 0 Å². The van der Waals surface area contributed by atoms with E-state index in [2.05, 4.69) is 5.32 Å². The van der Waals surface area contributed by atoms with Gasteiger partial charge in [0.15, 0.2) is 17.3 Å². The van der Waals surface area contributed by atoms with Crippen LogP contribution in [0, 0.1) is 22.9 Å². The van der Waals surface area contributed by atoms with E-state index in [1.165, 1.54) is 31.4 Å². The van der Waals surface area contributed by atoms with Crippen molar-refractivity contribution in [2.45, 2.75) is 6.92 Å². The molecule has 1 N–H and O–H groups in total. The standard InChI is InChI=1S/C16H15FN2O4/c1-10-3-5-12(19(21)22)8-14(10)18-9-15(20)11-4-6-16(23-2)13(17)7-11/h3-8,18H,9H2,1-2H3. The lowest BCUT2D eigenvalue weighted by atomic mass is 10.1. The number of hydrogen-bond donors (Lipinski definition) is 1.